The highest BCUT2D eigenvalue weighted by Gasteiger charge is 2.23. The number of rotatable bonds is 3. The SMILES string of the molecule is Fc1cc(F)c(NC2CCN(c3cccc4ncccc34)CC2)c(F)c1. The minimum Gasteiger partial charge on any atom is -0.377 e. The summed E-state index contributed by atoms with van der Waals surface area (Å²) >= 11 is 0. The Bertz CT molecular complexity index is 908. The molecule has 0 spiro atoms. The number of anilines is 2. The fourth-order valence-electron chi connectivity index (χ4n) is 3.51. The number of pyridine rings is 1. The first kappa shape index (κ1) is 16.7. The molecular weight excluding hydrogens is 339 g/mol. The van der Waals surface area contributed by atoms with Crippen LogP contribution in [0.3, 0.4) is 0 Å². The second-order valence-electron chi connectivity index (χ2n) is 6.50. The molecule has 1 aliphatic rings. The number of hydrogen-bond acceptors (Lipinski definition) is 3. The molecule has 2 aromatic carbocycles. The topological polar surface area (TPSA) is 28.2 Å². The molecule has 0 unspecified atom stereocenters. The van der Waals surface area contributed by atoms with E-state index < -0.39 is 17.5 Å². The van der Waals surface area contributed by atoms with E-state index in [1.165, 1.54) is 0 Å². The maximum Gasteiger partial charge on any atom is 0.152 e. The van der Waals surface area contributed by atoms with Crippen molar-refractivity contribution in [3.05, 3.63) is 66.1 Å². The normalized spacial score (nSPS) is 15.4. The summed E-state index contributed by atoms with van der Waals surface area (Å²) in [5.41, 5.74) is 1.81. The molecule has 1 N–H and O–H groups in total. The summed E-state index contributed by atoms with van der Waals surface area (Å²) in [6.07, 6.45) is 3.23. The van der Waals surface area contributed by atoms with Crippen LogP contribution in [0, 0.1) is 17.5 Å². The van der Waals surface area contributed by atoms with Crippen molar-refractivity contribution in [3.8, 4) is 0 Å². The summed E-state index contributed by atoms with van der Waals surface area (Å²) in [6.45, 7) is 1.52. The lowest BCUT2D eigenvalue weighted by Gasteiger charge is -2.35. The van der Waals surface area contributed by atoms with Gasteiger partial charge >= 0.3 is 0 Å². The summed E-state index contributed by atoms with van der Waals surface area (Å²) in [5, 5.41) is 3.99. The van der Waals surface area contributed by atoms with E-state index in [4.69, 9.17) is 0 Å². The van der Waals surface area contributed by atoms with Crippen LogP contribution >= 0.6 is 0 Å². The van der Waals surface area contributed by atoms with Crippen LogP contribution in [0.2, 0.25) is 0 Å². The quantitative estimate of drug-likeness (QED) is 0.734. The van der Waals surface area contributed by atoms with Gasteiger partial charge in [-0.05, 0) is 37.1 Å². The van der Waals surface area contributed by atoms with Crippen LogP contribution in [-0.4, -0.2) is 24.1 Å². The number of nitrogens with zero attached hydrogens (tertiary/aromatic N) is 2. The molecule has 1 aromatic heterocycles. The smallest absolute Gasteiger partial charge is 0.152 e. The fourth-order valence-corrected chi connectivity index (χ4v) is 3.51. The van der Waals surface area contributed by atoms with E-state index in [1.807, 2.05) is 24.3 Å². The highest BCUT2D eigenvalue weighted by Crippen LogP contribution is 2.29. The van der Waals surface area contributed by atoms with Gasteiger partial charge in [0.2, 0.25) is 0 Å². The minimum atomic E-state index is -0.912. The monoisotopic (exact) mass is 357 g/mol. The van der Waals surface area contributed by atoms with Gasteiger partial charge in [-0.15, -0.1) is 0 Å². The first-order valence-electron chi connectivity index (χ1n) is 8.61. The Morgan fingerprint density at radius 1 is 0.962 bits per heavy atom. The maximum absolute atomic E-state index is 13.8. The van der Waals surface area contributed by atoms with Gasteiger partial charge in [0.25, 0.3) is 0 Å². The van der Waals surface area contributed by atoms with Crippen LogP contribution in [0.4, 0.5) is 24.5 Å². The van der Waals surface area contributed by atoms with Crippen molar-refractivity contribution >= 4 is 22.3 Å². The van der Waals surface area contributed by atoms with Gasteiger partial charge in [-0.2, -0.15) is 0 Å². The van der Waals surface area contributed by atoms with Crippen molar-refractivity contribution in [2.75, 3.05) is 23.3 Å². The lowest BCUT2D eigenvalue weighted by molar-refractivity contribution is 0.509. The Morgan fingerprint density at radius 2 is 1.69 bits per heavy atom. The number of aromatic nitrogens is 1. The molecule has 0 aliphatic carbocycles. The molecule has 0 amide bonds. The van der Waals surface area contributed by atoms with Gasteiger partial charge in [0, 0.05) is 48.5 Å². The molecule has 1 aliphatic heterocycles. The van der Waals surface area contributed by atoms with E-state index >= 15 is 0 Å². The lowest BCUT2D eigenvalue weighted by Crippen LogP contribution is -2.39. The predicted molar refractivity (Wildman–Crippen MR) is 96.9 cm³/mol. The van der Waals surface area contributed by atoms with Crippen molar-refractivity contribution in [2.24, 2.45) is 0 Å². The molecule has 2 heterocycles. The Kier molecular flexibility index (Phi) is 4.41. The number of halogens is 3. The van der Waals surface area contributed by atoms with Gasteiger partial charge in [-0.1, -0.05) is 6.07 Å². The van der Waals surface area contributed by atoms with Gasteiger partial charge in [-0.25, -0.2) is 13.2 Å². The Morgan fingerprint density at radius 3 is 2.42 bits per heavy atom. The average Bonchev–Trinajstić information content (AvgIpc) is 2.65. The predicted octanol–water partition coefficient (Wildman–Crippen LogP) is 4.73. The van der Waals surface area contributed by atoms with Gasteiger partial charge in [-0.3, -0.25) is 4.98 Å². The van der Waals surface area contributed by atoms with Gasteiger partial charge in [0.1, 0.15) is 11.5 Å². The number of piperidine rings is 1. The molecule has 1 fully saturated rings. The van der Waals surface area contributed by atoms with E-state index in [1.54, 1.807) is 6.20 Å². The zero-order valence-corrected chi connectivity index (χ0v) is 14.1. The van der Waals surface area contributed by atoms with E-state index in [9.17, 15) is 13.2 Å². The third kappa shape index (κ3) is 3.19. The summed E-state index contributed by atoms with van der Waals surface area (Å²) in [5.74, 6) is -2.71. The second-order valence-corrected chi connectivity index (χ2v) is 6.50. The van der Waals surface area contributed by atoms with Crippen molar-refractivity contribution in [1.29, 1.82) is 0 Å². The molecule has 6 heteroatoms. The van der Waals surface area contributed by atoms with Crippen molar-refractivity contribution < 1.29 is 13.2 Å². The Balaban J connectivity index is 1.48. The third-order valence-corrected chi connectivity index (χ3v) is 4.81. The molecular formula is C20H18F3N3. The second kappa shape index (κ2) is 6.86. The number of hydrogen-bond donors (Lipinski definition) is 1. The highest BCUT2D eigenvalue weighted by atomic mass is 19.1. The standard InChI is InChI=1S/C20H18F3N3/c21-13-11-16(22)20(17(23)12-13)25-14-6-9-26(10-7-14)19-5-1-4-18-15(19)3-2-8-24-18/h1-5,8,11-12,14,25H,6-7,9-10H2. The highest BCUT2D eigenvalue weighted by molar-refractivity contribution is 5.91. The van der Waals surface area contributed by atoms with Crippen LogP contribution in [0.1, 0.15) is 12.8 Å². The molecule has 3 nitrogen and oxygen atoms in total. The molecule has 3 aromatic rings. The molecule has 0 bridgehead atoms. The van der Waals surface area contributed by atoms with Gasteiger partial charge in [0.05, 0.1) is 5.52 Å². The zero-order chi connectivity index (χ0) is 18.1. The van der Waals surface area contributed by atoms with E-state index in [2.05, 4.69) is 21.3 Å². The van der Waals surface area contributed by atoms with E-state index in [0.717, 1.165) is 42.5 Å². The van der Waals surface area contributed by atoms with Crippen LogP contribution in [0.5, 0.6) is 0 Å². The van der Waals surface area contributed by atoms with Crippen LogP contribution in [-0.2, 0) is 0 Å². The molecule has 0 radical (unpaired) electrons. The Labute approximate surface area is 149 Å². The molecule has 0 atom stereocenters. The zero-order valence-electron chi connectivity index (χ0n) is 14.1. The molecule has 0 saturated carbocycles. The van der Waals surface area contributed by atoms with Gasteiger partial charge in [0.15, 0.2) is 11.6 Å². The average molecular weight is 357 g/mol. The first-order valence-corrected chi connectivity index (χ1v) is 8.61. The molecule has 4 rings (SSSR count). The third-order valence-electron chi connectivity index (χ3n) is 4.81. The molecule has 26 heavy (non-hydrogen) atoms. The first-order chi connectivity index (χ1) is 12.6. The fraction of sp³-hybridized carbons (Fsp3) is 0.250. The lowest BCUT2D eigenvalue weighted by atomic mass is 10.0. The number of nitrogens with one attached hydrogen (secondary N) is 1. The van der Waals surface area contributed by atoms with E-state index in [0.29, 0.717) is 12.1 Å². The van der Waals surface area contributed by atoms with E-state index in [-0.39, 0.29) is 11.7 Å². The molecule has 134 valence electrons. The molecule has 1 saturated heterocycles. The van der Waals surface area contributed by atoms with Crippen LogP contribution in [0.15, 0.2) is 48.7 Å². The largest absolute Gasteiger partial charge is 0.377 e. The number of benzene rings is 2. The van der Waals surface area contributed by atoms with Crippen molar-refractivity contribution in [1.82, 2.24) is 4.98 Å². The summed E-state index contributed by atoms with van der Waals surface area (Å²) in [4.78, 5) is 6.64. The van der Waals surface area contributed by atoms with Crippen molar-refractivity contribution in [2.45, 2.75) is 18.9 Å². The summed E-state index contributed by atoms with van der Waals surface area (Å²) < 4.78 is 40.7. The maximum atomic E-state index is 13.8. The van der Waals surface area contributed by atoms with Crippen LogP contribution in [0.25, 0.3) is 10.9 Å². The number of fused-ring (bicyclic) bond motifs is 1. The Hall–Kier alpha value is -2.76. The minimum absolute atomic E-state index is 0.0613. The van der Waals surface area contributed by atoms with Crippen LogP contribution < -0.4 is 10.2 Å². The van der Waals surface area contributed by atoms with Crippen molar-refractivity contribution in [3.63, 3.8) is 0 Å². The summed E-state index contributed by atoms with van der Waals surface area (Å²) in [7, 11) is 0. The summed E-state index contributed by atoms with van der Waals surface area (Å²) in [6, 6.07) is 11.3. The van der Waals surface area contributed by atoms with Gasteiger partial charge < -0.3 is 10.2 Å².